The summed E-state index contributed by atoms with van der Waals surface area (Å²) in [6, 6.07) is 11.0. The number of likely N-dealkylation sites (tertiary alicyclic amines) is 2. The van der Waals surface area contributed by atoms with Gasteiger partial charge in [0.25, 0.3) is 0 Å². The second kappa shape index (κ2) is 8.40. The van der Waals surface area contributed by atoms with E-state index in [2.05, 4.69) is 50.5 Å². The molecular formula is C24H31N3O2S. The van der Waals surface area contributed by atoms with Crippen LogP contribution in [0.25, 0.3) is 0 Å². The number of hydrogen-bond donors (Lipinski definition) is 1. The van der Waals surface area contributed by atoms with Crippen molar-refractivity contribution in [1.82, 2.24) is 14.8 Å². The van der Waals surface area contributed by atoms with E-state index in [0.717, 1.165) is 56.2 Å². The topological polar surface area (TPSA) is 56.7 Å². The van der Waals surface area contributed by atoms with Crippen LogP contribution in [0.4, 0.5) is 0 Å². The van der Waals surface area contributed by atoms with Crippen molar-refractivity contribution in [3.8, 4) is 0 Å². The molecule has 1 saturated carbocycles. The zero-order chi connectivity index (χ0) is 20.6. The van der Waals surface area contributed by atoms with Crippen LogP contribution in [0.5, 0.6) is 0 Å². The molecule has 6 heteroatoms. The SMILES string of the molecule is O=C(O)CC1(N2CCC(C[C@@H]3CC3c3ccccc3)CC2)CN(Cc2cscn2)C1. The number of aliphatic carboxylic acids is 1. The molecule has 5 rings (SSSR count). The predicted molar refractivity (Wildman–Crippen MR) is 119 cm³/mol. The lowest BCUT2D eigenvalue weighted by atomic mass is 9.80. The van der Waals surface area contributed by atoms with Crippen molar-refractivity contribution in [3.05, 3.63) is 52.5 Å². The summed E-state index contributed by atoms with van der Waals surface area (Å²) in [5.74, 6) is 1.75. The molecule has 3 aliphatic rings. The van der Waals surface area contributed by atoms with E-state index in [1.165, 1.54) is 31.2 Å². The van der Waals surface area contributed by atoms with Gasteiger partial charge in [0, 0.05) is 25.0 Å². The predicted octanol–water partition coefficient (Wildman–Crippen LogP) is 4.08. The van der Waals surface area contributed by atoms with Crippen LogP contribution < -0.4 is 0 Å². The molecule has 2 atom stereocenters. The highest BCUT2D eigenvalue weighted by atomic mass is 32.1. The molecule has 2 saturated heterocycles. The highest BCUT2D eigenvalue weighted by Crippen LogP contribution is 2.52. The normalized spacial score (nSPS) is 26.9. The molecule has 0 amide bonds. The Morgan fingerprint density at radius 2 is 1.97 bits per heavy atom. The Morgan fingerprint density at radius 1 is 1.20 bits per heavy atom. The first-order valence-electron chi connectivity index (χ1n) is 11.2. The minimum absolute atomic E-state index is 0.182. The van der Waals surface area contributed by atoms with Crippen LogP contribution in [0.3, 0.4) is 0 Å². The van der Waals surface area contributed by atoms with Crippen LogP contribution in [0, 0.1) is 11.8 Å². The molecule has 160 valence electrons. The minimum atomic E-state index is -0.672. The lowest BCUT2D eigenvalue weighted by Gasteiger charge is -2.57. The van der Waals surface area contributed by atoms with Crippen LogP contribution in [0.1, 0.15) is 49.3 Å². The molecule has 30 heavy (non-hydrogen) atoms. The fourth-order valence-electron chi connectivity index (χ4n) is 5.84. The van der Waals surface area contributed by atoms with Gasteiger partial charge < -0.3 is 5.11 Å². The summed E-state index contributed by atoms with van der Waals surface area (Å²) in [6.07, 6.45) is 5.37. The zero-order valence-corrected chi connectivity index (χ0v) is 18.3. The van der Waals surface area contributed by atoms with E-state index in [1.807, 2.05) is 5.51 Å². The van der Waals surface area contributed by atoms with Gasteiger partial charge in [-0.3, -0.25) is 14.6 Å². The lowest BCUT2D eigenvalue weighted by Crippen LogP contribution is -2.71. The van der Waals surface area contributed by atoms with Crippen molar-refractivity contribution in [2.45, 2.75) is 50.1 Å². The molecule has 5 nitrogen and oxygen atoms in total. The summed E-state index contributed by atoms with van der Waals surface area (Å²) in [5.41, 5.74) is 4.29. The summed E-state index contributed by atoms with van der Waals surface area (Å²) >= 11 is 1.62. The maximum Gasteiger partial charge on any atom is 0.305 e. The van der Waals surface area contributed by atoms with Gasteiger partial charge in [0.2, 0.25) is 0 Å². The number of carboxylic acid groups (broad SMARTS) is 1. The van der Waals surface area contributed by atoms with Gasteiger partial charge in [0.05, 0.1) is 23.2 Å². The van der Waals surface area contributed by atoms with Crippen molar-refractivity contribution in [2.75, 3.05) is 26.2 Å². The molecule has 1 N–H and O–H groups in total. The molecule has 0 radical (unpaired) electrons. The van der Waals surface area contributed by atoms with Gasteiger partial charge in [-0.15, -0.1) is 11.3 Å². The van der Waals surface area contributed by atoms with Gasteiger partial charge in [0.15, 0.2) is 0 Å². The average molecular weight is 426 g/mol. The van der Waals surface area contributed by atoms with Gasteiger partial charge >= 0.3 is 5.97 Å². The smallest absolute Gasteiger partial charge is 0.305 e. The van der Waals surface area contributed by atoms with Crippen molar-refractivity contribution in [2.24, 2.45) is 11.8 Å². The monoisotopic (exact) mass is 425 g/mol. The van der Waals surface area contributed by atoms with E-state index in [4.69, 9.17) is 0 Å². The van der Waals surface area contributed by atoms with Gasteiger partial charge in [-0.25, -0.2) is 4.98 Å². The van der Waals surface area contributed by atoms with E-state index in [-0.39, 0.29) is 12.0 Å². The number of carboxylic acids is 1. The van der Waals surface area contributed by atoms with Crippen LogP contribution in [-0.4, -0.2) is 57.6 Å². The standard InChI is InChI=1S/C24H31N3O2S/c28-23(29)12-24(15-26(16-24)13-21-14-30-17-25-21)27-8-6-18(7-9-27)10-20-11-22(20)19-4-2-1-3-5-19/h1-5,14,17-18,20,22H,6-13,15-16H2,(H,28,29)/t20-,22?/m1/s1. The summed E-state index contributed by atoms with van der Waals surface area (Å²) < 4.78 is 0. The maximum absolute atomic E-state index is 11.6. The molecule has 1 aliphatic carbocycles. The molecule has 2 aliphatic heterocycles. The molecule has 1 aromatic heterocycles. The Morgan fingerprint density at radius 3 is 2.63 bits per heavy atom. The quantitative estimate of drug-likeness (QED) is 0.691. The largest absolute Gasteiger partial charge is 0.481 e. The fraction of sp³-hybridized carbons (Fsp3) is 0.583. The third-order valence-electron chi connectivity index (χ3n) is 7.46. The van der Waals surface area contributed by atoms with E-state index >= 15 is 0 Å². The van der Waals surface area contributed by atoms with Gasteiger partial charge in [-0.1, -0.05) is 30.3 Å². The van der Waals surface area contributed by atoms with Crippen LogP contribution in [0.15, 0.2) is 41.2 Å². The second-order valence-electron chi connectivity index (χ2n) is 9.60. The highest BCUT2D eigenvalue weighted by Gasteiger charge is 2.50. The van der Waals surface area contributed by atoms with Crippen molar-refractivity contribution in [3.63, 3.8) is 0 Å². The number of rotatable bonds is 8. The molecule has 0 spiro atoms. The summed E-state index contributed by atoms with van der Waals surface area (Å²) in [5, 5.41) is 11.6. The Bertz CT molecular complexity index is 843. The van der Waals surface area contributed by atoms with E-state index in [9.17, 15) is 9.90 Å². The van der Waals surface area contributed by atoms with Crippen molar-refractivity contribution in [1.29, 1.82) is 0 Å². The molecule has 0 bridgehead atoms. The minimum Gasteiger partial charge on any atom is -0.481 e. The first-order chi connectivity index (χ1) is 14.6. The fourth-order valence-corrected chi connectivity index (χ4v) is 6.39. The number of nitrogens with zero attached hydrogens (tertiary/aromatic N) is 3. The molecule has 1 unspecified atom stereocenters. The number of thiazole rings is 1. The van der Waals surface area contributed by atoms with Gasteiger partial charge in [0.1, 0.15) is 0 Å². The van der Waals surface area contributed by atoms with Gasteiger partial charge in [-0.05, 0) is 62.1 Å². The summed E-state index contributed by atoms with van der Waals surface area (Å²) in [7, 11) is 0. The number of benzene rings is 1. The highest BCUT2D eigenvalue weighted by molar-refractivity contribution is 7.07. The number of hydrogen-bond acceptors (Lipinski definition) is 5. The third kappa shape index (κ3) is 4.32. The van der Waals surface area contributed by atoms with Crippen LogP contribution in [-0.2, 0) is 11.3 Å². The number of aromatic nitrogens is 1. The lowest BCUT2D eigenvalue weighted by molar-refractivity contribution is -0.147. The zero-order valence-electron chi connectivity index (χ0n) is 17.4. The first-order valence-corrected chi connectivity index (χ1v) is 12.2. The molecule has 2 aromatic rings. The third-order valence-corrected chi connectivity index (χ3v) is 8.09. The Kier molecular flexibility index (Phi) is 5.65. The van der Waals surface area contributed by atoms with E-state index in [1.54, 1.807) is 11.3 Å². The molecular weight excluding hydrogens is 394 g/mol. The van der Waals surface area contributed by atoms with Crippen molar-refractivity contribution < 1.29 is 9.90 Å². The second-order valence-corrected chi connectivity index (χ2v) is 10.3. The Labute approximate surface area is 182 Å². The maximum atomic E-state index is 11.6. The van der Waals surface area contributed by atoms with Crippen LogP contribution in [0.2, 0.25) is 0 Å². The number of piperidine rings is 1. The summed E-state index contributed by atoms with van der Waals surface area (Å²) in [4.78, 5) is 20.8. The van der Waals surface area contributed by atoms with Crippen LogP contribution >= 0.6 is 11.3 Å². The first kappa shape index (κ1) is 20.2. The average Bonchev–Trinajstić information content (AvgIpc) is 3.29. The number of carbonyl (C=O) groups is 1. The van der Waals surface area contributed by atoms with E-state index in [0.29, 0.717) is 0 Å². The molecule has 3 heterocycles. The molecule has 3 fully saturated rings. The molecule has 1 aromatic carbocycles. The van der Waals surface area contributed by atoms with Crippen molar-refractivity contribution >= 4 is 17.3 Å². The van der Waals surface area contributed by atoms with E-state index < -0.39 is 5.97 Å². The summed E-state index contributed by atoms with van der Waals surface area (Å²) in [6.45, 7) is 4.63. The Hall–Kier alpha value is -1.76. The van der Waals surface area contributed by atoms with Gasteiger partial charge in [-0.2, -0.15) is 0 Å². The Balaban J connectivity index is 1.12.